The van der Waals surface area contributed by atoms with Crippen molar-refractivity contribution in [3.8, 4) is 0 Å². The minimum atomic E-state index is -0.484. The third-order valence-electron chi connectivity index (χ3n) is 5.05. The van der Waals surface area contributed by atoms with Gasteiger partial charge in [-0.3, -0.25) is 4.79 Å². The number of halogens is 2. The van der Waals surface area contributed by atoms with E-state index in [4.69, 9.17) is 4.74 Å². The van der Waals surface area contributed by atoms with Gasteiger partial charge in [0.15, 0.2) is 0 Å². The molecule has 2 aromatic rings. The molecule has 0 saturated carbocycles. The van der Waals surface area contributed by atoms with Gasteiger partial charge in [-0.25, -0.2) is 8.78 Å². The molecule has 1 fully saturated rings. The molecule has 2 aliphatic heterocycles. The highest BCUT2D eigenvalue weighted by molar-refractivity contribution is 6.31. The van der Waals surface area contributed by atoms with E-state index in [0.29, 0.717) is 29.5 Å². The van der Waals surface area contributed by atoms with Crippen molar-refractivity contribution in [2.24, 2.45) is 5.92 Å². The Morgan fingerprint density at radius 3 is 2.75 bits per heavy atom. The van der Waals surface area contributed by atoms with Crippen LogP contribution in [-0.2, 0) is 9.53 Å². The highest BCUT2D eigenvalue weighted by Gasteiger charge is 2.27. The second kappa shape index (κ2) is 7.98. The Balaban J connectivity index is 1.44. The molecule has 5 nitrogen and oxygen atoms in total. The third-order valence-corrected chi connectivity index (χ3v) is 5.05. The van der Waals surface area contributed by atoms with Crippen LogP contribution < -0.4 is 16.0 Å². The highest BCUT2D eigenvalue weighted by atomic mass is 19.1. The summed E-state index contributed by atoms with van der Waals surface area (Å²) in [4.78, 5) is 12.1. The van der Waals surface area contributed by atoms with Crippen molar-refractivity contribution in [3.05, 3.63) is 59.8 Å². The number of ether oxygens (including phenoxy) is 1. The number of amides is 1. The second-order valence-electron chi connectivity index (χ2n) is 6.95. The maximum absolute atomic E-state index is 14.4. The molecule has 0 aliphatic carbocycles. The number of rotatable bonds is 5. The Labute approximate surface area is 161 Å². The van der Waals surface area contributed by atoms with E-state index in [1.54, 1.807) is 18.2 Å². The van der Waals surface area contributed by atoms with Crippen LogP contribution >= 0.6 is 0 Å². The van der Waals surface area contributed by atoms with Gasteiger partial charge in [0.1, 0.15) is 11.6 Å². The molecule has 1 saturated heterocycles. The van der Waals surface area contributed by atoms with E-state index in [1.807, 2.05) is 0 Å². The van der Waals surface area contributed by atoms with Gasteiger partial charge < -0.3 is 20.7 Å². The first-order valence-corrected chi connectivity index (χ1v) is 9.30. The van der Waals surface area contributed by atoms with E-state index < -0.39 is 17.5 Å². The van der Waals surface area contributed by atoms with Crippen molar-refractivity contribution in [2.45, 2.75) is 12.8 Å². The number of benzene rings is 2. The average molecular weight is 385 g/mol. The first-order valence-electron chi connectivity index (χ1n) is 9.30. The van der Waals surface area contributed by atoms with E-state index in [2.05, 4.69) is 16.0 Å². The summed E-state index contributed by atoms with van der Waals surface area (Å²) in [6, 6.07) is 9.17. The van der Waals surface area contributed by atoms with E-state index in [-0.39, 0.29) is 11.1 Å². The van der Waals surface area contributed by atoms with Crippen LogP contribution in [0.2, 0.25) is 0 Å². The molecule has 0 atom stereocenters. The molecule has 0 radical (unpaired) electrons. The maximum Gasteiger partial charge on any atom is 0.257 e. The SMILES string of the molecule is O=C1Nc2cccc(F)c2C1=CNc1ccc(NCC2CCOCC2)c(F)c1. The zero-order chi connectivity index (χ0) is 19.5. The van der Waals surface area contributed by atoms with Gasteiger partial charge in [-0.2, -0.15) is 0 Å². The molecular formula is C21H21F2N3O2. The van der Waals surface area contributed by atoms with Crippen LogP contribution in [0.3, 0.4) is 0 Å². The average Bonchev–Trinajstić information content (AvgIpc) is 3.03. The lowest BCUT2D eigenvalue weighted by Crippen LogP contribution is -2.22. The largest absolute Gasteiger partial charge is 0.382 e. The normalized spacial score (nSPS) is 18.1. The minimum absolute atomic E-state index is 0.176. The molecule has 0 aromatic heterocycles. The lowest BCUT2D eigenvalue weighted by molar-refractivity contribution is -0.110. The molecule has 2 heterocycles. The molecule has 7 heteroatoms. The van der Waals surface area contributed by atoms with E-state index in [1.165, 1.54) is 24.4 Å². The van der Waals surface area contributed by atoms with Gasteiger partial charge in [0.05, 0.1) is 16.9 Å². The van der Waals surface area contributed by atoms with Crippen molar-refractivity contribution in [1.82, 2.24) is 0 Å². The fraction of sp³-hybridized carbons (Fsp3) is 0.286. The molecule has 1 amide bonds. The molecule has 2 aliphatic rings. The van der Waals surface area contributed by atoms with Gasteiger partial charge >= 0.3 is 0 Å². The Morgan fingerprint density at radius 2 is 1.96 bits per heavy atom. The Bertz CT molecular complexity index is 924. The van der Waals surface area contributed by atoms with Gasteiger partial charge in [0, 0.05) is 37.2 Å². The van der Waals surface area contributed by atoms with E-state index in [9.17, 15) is 13.6 Å². The predicted molar refractivity (Wildman–Crippen MR) is 105 cm³/mol. The number of nitrogens with one attached hydrogen (secondary N) is 3. The molecule has 146 valence electrons. The lowest BCUT2D eigenvalue weighted by atomic mass is 10.0. The summed E-state index contributed by atoms with van der Waals surface area (Å²) in [5, 5.41) is 8.64. The highest BCUT2D eigenvalue weighted by Crippen LogP contribution is 2.33. The fourth-order valence-corrected chi connectivity index (χ4v) is 3.45. The number of anilines is 3. The smallest absolute Gasteiger partial charge is 0.257 e. The molecule has 3 N–H and O–H groups in total. The van der Waals surface area contributed by atoms with Gasteiger partial charge in [0.2, 0.25) is 0 Å². The number of hydrogen-bond acceptors (Lipinski definition) is 4. The van der Waals surface area contributed by atoms with Gasteiger partial charge in [0.25, 0.3) is 5.91 Å². The first kappa shape index (κ1) is 18.4. The minimum Gasteiger partial charge on any atom is -0.382 e. The summed E-state index contributed by atoms with van der Waals surface area (Å²) in [5.41, 5.74) is 1.72. The summed E-state index contributed by atoms with van der Waals surface area (Å²) in [6.07, 6.45) is 3.35. The van der Waals surface area contributed by atoms with Crippen LogP contribution in [-0.4, -0.2) is 25.7 Å². The standard InChI is InChI=1S/C21H21F2N3O2/c22-16-2-1-3-19-20(16)15(21(27)26-19)12-24-14-4-5-18(17(23)10-14)25-11-13-6-8-28-9-7-13/h1-5,10,12-13,24-25H,6-9,11H2,(H,26,27). The van der Waals surface area contributed by atoms with Crippen LogP contribution in [0.1, 0.15) is 18.4 Å². The van der Waals surface area contributed by atoms with E-state index in [0.717, 1.165) is 26.1 Å². The topological polar surface area (TPSA) is 62.4 Å². The summed E-state index contributed by atoms with van der Waals surface area (Å²) >= 11 is 0. The molecule has 28 heavy (non-hydrogen) atoms. The van der Waals surface area contributed by atoms with Crippen molar-refractivity contribution in [1.29, 1.82) is 0 Å². The van der Waals surface area contributed by atoms with Crippen LogP contribution in [0.25, 0.3) is 5.57 Å². The number of carbonyl (C=O) groups is 1. The van der Waals surface area contributed by atoms with Crippen LogP contribution in [0, 0.1) is 17.6 Å². The van der Waals surface area contributed by atoms with Crippen molar-refractivity contribution in [3.63, 3.8) is 0 Å². The maximum atomic E-state index is 14.4. The van der Waals surface area contributed by atoms with Crippen molar-refractivity contribution < 1.29 is 18.3 Å². The quantitative estimate of drug-likeness (QED) is 0.675. The molecule has 0 spiro atoms. The molecule has 0 bridgehead atoms. The summed E-state index contributed by atoms with van der Waals surface area (Å²) in [5.74, 6) is -0.796. The zero-order valence-electron chi connectivity index (χ0n) is 15.2. The number of carbonyl (C=O) groups excluding carboxylic acids is 1. The summed E-state index contributed by atoms with van der Waals surface area (Å²) < 4.78 is 33.8. The Hall–Kier alpha value is -2.93. The van der Waals surface area contributed by atoms with Gasteiger partial charge in [-0.05, 0) is 49.1 Å². The van der Waals surface area contributed by atoms with Crippen LogP contribution in [0.5, 0.6) is 0 Å². The second-order valence-corrected chi connectivity index (χ2v) is 6.95. The van der Waals surface area contributed by atoms with Crippen molar-refractivity contribution >= 4 is 28.5 Å². The predicted octanol–water partition coefficient (Wildman–Crippen LogP) is 4.21. The summed E-state index contributed by atoms with van der Waals surface area (Å²) in [6.45, 7) is 2.21. The summed E-state index contributed by atoms with van der Waals surface area (Å²) in [7, 11) is 0. The van der Waals surface area contributed by atoms with Crippen LogP contribution in [0.4, 0.5) is 25.8 Å². The first-order chi connectivity index (χ1) is 13.6. The lowest BCUT2D eigenvalue weighted by Gasteiger charge is -2.22. The molecular weight excluding hydrogens is 364 g/mol. The zero-order valence-corrected chi connectivity index (χ0v) is 15.2. The Morgan fingerprint density at radius 1 is 1.14 bits per heavy atom. The number of fused-ring (bicyclic) bond motifs is 1. The van der Waals surface area contributed by atoms with Gasteiger partial charge in [-0.15, -0.1) is 0 Å². The van der Waals surface area contributed by atoms with Crippen LogP contribution in [0.15, 0.2) is 42.6 Å². The fourth-order valence-electron chi connectivity index (χ4n) is 3.45. The van der Waals surface area contributed by atoms with Gasteiger partial charge in [-0.1, -0.05) is 6.07 Å². The van der Waals surface area contributed by atoms with Crippen molar-refractivity contribution in [2.75, 3.05) is 35.7 Å². The third kappa shape index (κ3) is 3.84. The Kier molecular flexibility index (Phi) is 5.25. The molecule has 0 unspecified atom stereocenters. The number of hydrogen-bond donors (Lipinski definition) is 3. The molecule has 2 aromatic carbocycles. The van der Waals surface area contributed by atoms with E-state index >= 15 is 0 Å². The monoisotopic (exact) mass is 385 g/mol. The molecule has 4 rings (SSSR count).